The van der Waals surface area contributed by atoms with Crippen molar-refractivity contribution >= 4 is 16.7 Å². The summed E-state index contributed by atoms with van der Waals surface area (Å²) < 4.78 is 5.73. The summed E-state index contributed by atoms with van der Waals surface area (Å²) in [5, 5.41) is 10.4. The third-order valence-electron chi connectivity index (χ3n) is 4.79. The number of hydrogen-bond donors (Lipinski definition) is 0. The van der Waals surface area contributed by atoms with Crippen LogP contribution in [0.3, 0.4) is 0 Å². The van der Waals surface area contributed by atoms with E-state index in [0.717, 1.165) is 21.9 Å². The number of fused-ring (bicyclic) bond motifs is 1. The third kappa shape index (κ3) is 3.78. The van der Waals surface area contributed by atoms with Crippen molar-refractivity contribution in [2.45, 2.75) is 19.9 Å². The van der Waals surface area contributed by atoms with Crippen LogP contribution in [0.5, 0.6) is 0 Å². The molecule has 1 aromatic heterocycles. The van der Waals surface area contributed by atoms with Crippen LogP contribution in [-0.2, 0) is 17.8 Å². The largest absolute Gasteiger partial charge is 0.419 e. The fraction of sp³-hybridized carbons (Fsp3) is 0.174. The molecule has 3 aromatic carbocycles. The molecule has 28 heavy (non-hydrogen) atoms. The highest BCUT2D eigenvalue weighted by molar-refractivity contribution is 5.90. The van der Waals surface area contributed by atoms with Crippen molar-refractivity contribution < 1.29 is 9.21 Å². The molecular formula is C23H21N3O2. The minimum Gasteiger partial charge on any atom is -0.419 e. The lowest BCUT2D eigenvalue weighted by Crippen LogP contribution is -2.27. The summed E-state index contributed by atoms with van der Waals surface area (Å²) in [6.07, 6.45) is 0.330. The number of hydrogen-bond acceptors (Lipinski definition) is 4. The summed E-state index contributed by atoms with van der Waals surface area (Å²) in [4.78, 5) is 14.3. The average Bonchev–Trinajstić information content (AvgIpc) is 3.17. The number of rotatable bonds is 5. The standard InChI is InChI=1S/C23H21N3O2/c1-16-10-12-18(13-11-16)23-25-24-21(28-23)15-26(2)22(27)14-19-8-5-7-17-6-3-4-9-20(17)19/h3-13H,14-15H2,1-2H3. The van der Waals surface area contributed by atoms with E-state index < -0.39 is 0 Å². The minimum atomic E-state index is 0.00596. The molecule has 1 amide bonds. The Balaban J connectivity index is 1.45. The van der Waals surface area contributed by atoms with Crippen molar-refractivity contribution in [3.8, 4) is 11.5 Å². The first-order valence-corrected chi connectivity index (χ1v) is 9.20. The number of amides is 1. The van der Waals surface area contributed by atoms with Gasteiger partial charge in [0.15, 0.2) is 0 Å². The molecule has 0 fully saturated rings. The van der Waals surface area contributed by atoms with E-state index in [1.807, 2.05) is 61.5 Å². The molecule has 0 saturated carbocycles. The van der Waals surface area contributed by atoms with E-state index in [-0.39, 0.29) is 12.5 Å². The molecule has 0 aliphatic rings. The van der Waals surface area contributed by atoms with Crippen molar-refractivity contribution in [3.63, 3.8) is 0 Å². The minimum absolute atomic E-state index is 0.00596. The Morgan fingerprint density at radius 2 is 1.71 bits per heavy atom. The maximum absolute atomic E-state index is 12.7. The zero-order valence-electron chi connectivity index (χ0n) is 15.9. The second kappa shape index (κ2) is 7.64. The highest BCUT2D eigenvalue weighted by atomic mass is 16.4. The van der Waals surface area contributed by atoms with Crippen LogP contribution >= 0.6 is 0 Å². The summed E-state index contributed by atoms with van der Waals surface area (Å²) in [5.74, 6) is 0.890. The van der Waals surface area contributed by atoms with Crippen molar-refractivity contribution in [1.29, 1.82) is 0 Å². The van der Waals surface area contributed by atoms with Crippen LogP contribution in [0.15, 0.2) is 71.1 Å². The van der Waals surface area contributed by atoms with Crippen LogP contribution in [0, 0.1) is 6.92 Å². The Bertz CT molecular complexity index is 1110. The highest BCUT2D eigenvalue weighted by Gasteiger charge is 2.16. The Morgan fingerprint density at radius 3 is 2.54 bits per heavy atom. The Morgan fingerprint density at radius 1 is 0.964 bits per heavy atom. The second-order valence-electron chi connectivity index (χ2n) is 6.93. The molecule has 4 aromatic rings. The number of likely N-dealkylation sites (N-methyl/N-ethyl adjacent to an activating group) is 1. The Hall–Kier alpha value is -3.47. The van der Waals surface area contributed by atoms with E-state index in [9.17, 15) is 4.79 Å². The van der Waals surface area contributed by atoms with E-state index >= 15 is 0 Å². The fourth-order valence-electron chi connectivity index (χ4n) is 3.17. The van der Waals surface area contributed by atoms with Gasteiger partial charge in [-0.15, -0.1) is 10.2 Å². The quantitative estimate of drug-likeness (QED) is 0.522. The van der Waals surface area contributed by atoms with Gasteiger partial charge in [0.05, 0.1) is 13.0 Å². The van der Waals surface area contributed by atoms with Crippen molar-refractivity contribution in [2.75, 3.05) is 7.05 Å². The van der Waals surface area contributed by atoms with Gasteiger partial charge in [0, 0.05) is 12.6 Å². The number of benzene rings is 3. The van der Waals surface area contributed by atoms with Gasteiger partial charge >= 0.3 is 0 Å². The SMILES string of the molecule is Cc1ccc(-c2nnc(CN(C)C(=O)Cc3cccc4ccccc34)o2)cc1. The molecule has 0 radical (unpaired) electrons. The molecule has 140 valence electrons. The Kier molecular flexibility index (Phi) is 4.89. The molecular weight excluding hydrogens is 350 g/mol. The summed E-state index contributed by atoms with van der Waals surface area (Å²) in [5.41, 5.74) is 3.05. The molecule has 0 unspecified atom stereocenters. The summed E-state index contributed by atoms with van der Waals surface area (Å²) in [6.45, 7) is 2.31. The summed E-state index contributed by atoms with van der Waals surface area (Å²) in [6, 6.07) is 22.0. The second-order valence-corrected chi connectivity index (χ2v) is 6.93. The van der Waals surface area contributed by atoms with Crippen LogP contribution in [-0.4, -0.2) is 28.1 Å². The molecule has 0 bridgehead atoms. The van der Waals surface area contributed by atoms with Gasteiger partial charge in [0.25, 0.3) is 0 Å². The van der Waals surface area contributed by atoms with E-state index in [1.54, 1.807) is 11.9 Å². The van der Waals surface area contributed by atoms with Gasteiger partial charge in [0.1, 0.15) is 0 Å². The van der Waals surface area contributed by atoms with Gasteiger partial charge < -0.3 is 9.32 Å². The molecule has 0 spiro atoms. The first-order chi connectivity index (χ1) is 13.6. The van der Waals surface area contributed by atoms with Gasteiger partial charge in [-0.1, -0.05) is 60.2 Å². The first-order valence-electron chi connectivity index (χ1n) is 9.20. The van der Waals surface area contributed by atoms with Gasteiger partial charge in [-0.25, -0.2) is 0 Å². The molecule has 0 atom stereocenters. The lowest BCUT2D eigenvalue weighted by Gasteiger charge is -2.15. The fourth-order valence-corrected chi connectivity index (χ4v) is 3.17. The maximum atomic E-state index is 12.7. The van der Waals surface area contributed by atoms with Crippen LogP contribution < -0.4 is 0 Å². The molecule has 5 heteroatoms. The number of aryl methyl sites for hydroxylation is 1. The Labute approximate surface area is 163 Å². The van der Waals surface area contributed by atoms with Crippen molar-refractivity contribution in [3.05, 3.63) is 83.7 Å². The lowest BCUT2D eigenvalue weighted by molar-refractivity contribution is -0.129. The van der Waals surface area contributed by atoms with E-state index in [0.29, 0.717) is 18.2 Å². The van der Waals surface area contributed by atoms with Crippen molar-refractivity contribution in [2.24, 2.45) is 0 Å². The van der Waals surface area contributed by atoms with E-state index in [2.05, 4.69) is 22.3 Å². The van der Waals surface area contributed by atoms with Gasteiger partial charge in [-0.05, 0) is 35.4 Å². The predicted molar refractivity (Wildman–Crippen MR) is 109 cm³/mol. The number of carbonyl (C=O) groups excluding carboxylic acids is 1. The highest BCUT2D eigenvalue weighted by Crippen LogP contribution is 2.21. The van der Waals surface area contributed by atoms with Crippen molar-refractivity contribution in [1.82, 2.24) is 15.1 Å². The zero-order valence-corrected chi connectivity index (χ0v) is 15.9. The zero-order chi connectivity index (χ0) is 19.5. The molecule has 1 heterocycles. The lowest BCUT2D eigenvalue weighted by atomic mass is 10.0. The van der Waals surface area contributed by atoms with Crippen LogP contribution in [0.4, 0.5) is 0 Å². The molecule has 5 nitrogen and oxygen atoms in total. The predicted octanol–water partition coefficient (Wildman–Crippen LogP) is 4.40. The van der Waals surface area contributed by atoms with E-state index in [1.165, 1.54) is 5.56 Å². The number of carbonyl (C=O) groups is 1. The third-order valence-corrected chi connectivity index (χ3v) is 4.79. The normalized spacial score (nSPS) is 10.9. The molecule has 0 aliphatic heterocycles. The van der Waals surface area contributed by atoms with Gasteiger partial charge in [-0.3, -0.25) is 4.79 Å². The van der Waals surface area contributed by atoms with Gasteiger partial charge in [-0.2, -0.15) is 0 Å². The molecule has 0 saturated heterocycles. The monoisotopic (exact) mass is 371 g/mol. The smallest absolute Gasteiger partial charge is 0.247 e. The summed E-state index contributed by atoms with van der Waals surface area (Å²) in [7, 11) is 1.75. The van der Waals surface area contributed by atoms with Crippen LogP contribution in [0.2, 0.25) is 0 Å². The topological polar surface area (TPSA) is 59.2 Å². The van der Waals surface area contributed by atoms with E-state index in [4.69, 9.17) is 4.42 Å². The molecule has 4 rings (SSSR count). The maximum Gasteiger partial charge on any atom is 0.247 e. The molecule has 0 N–H and O–H groups in total. The molecule has 0 aliphatic carbocycles. The average molecular weight is 371 g/mol. The number of nitrogens with zero attached hydrogens (tertiary/aromatic N) is 3. The van der Waals surface area contributed by atoms with Crippen LogP contribution in [0.25, 0.3) is 22.2 Å². The first kappa shape index (κ1) is 17.9. The van der Waals surface area contributed by atoms with Gasteiger partial charge in [0.2, 0.25) is 17.7 Å². The number of aromatic nitrogens is 2. The summed E-state index contributed by atoms with van der Waals surface area (Å²) >= 11 is 0. The van der Waals surface area contributed by atoms with Crippen LogP contribution in [0.1, 0.15) is 17.0 Å².